The molecule has 0 bridgehead atoms. The number of aromatic nitrogens is 2. The van der Waals surface area contributed by atoms with E-state index in [9.17, 15) is 13.6 Å². The number of primary amides is 1. The summed E-state index contributed by atoms with van der Waals surface area (Å²) < 4.78 is 29.0. The first kappa shape index (κ1) is 15.7. The summed E-state index contributed by atoms with van der Waals surface area (Å²) in [5.74, 6) is -1.75. The molecule has 1 aromatic carbocycles. The number of halogens is 3. The number of fused-ring (bicyclic) bond motifs is 1. The van der Waals surface area contributed by atoms with Crippen LogP contribution in [0.25, 0.3) is 11.0 Å². The first-order chi connectivity index (χ1) is 9.91. The van der Waals surface area contributed by atoms with E-state index in [2.05, 4.69) is 4.98 Å². The maximum atomic E-state index is 14.0. The van der Waals surface area contributed by atoms with Crippen LogP contribution in [0.4, 0.5) is 8.78 Å². The number of hydrogen-bond donors (Lipinski definition) is 1. The molecule has 0 saturated heterocycles. The molecule has 1 heterocycles. The van der Waals surface area contributed by atoms with E-state index < -0.39 is 17.0 Å². The fourth-order valence-electron chi connectivity index (χ4n) is 2.27. The largest absolute Gasteiger partial charge is 0.370 e. The van der Waals surface area contributed by atoms with E-state index in [1.165, 1.54) is 6.07 Å². The van der Waals surface area contributed by atoms with E-state index in [1.54, 1.807) is 11.5 Å². The molecule has 0 spiro atoms. The molecule has 0 radical (unpaired) electrons. The van der Waals surface area contributed by atoms with Gasteiger partial charge in [-0.3, -0.25) is 4.79 Å². The second kappa shape index (κ2) is 6.39. The van der Waals surface area contributed by atoms with E-state index in [0.717, 1.165) is 6.07 Å². The lowest BCUT2D eigenvalue weighted by Crippen LogP contribution is -2.11. The molecule has 21 heavy (non-hydrogen) atoms. The fourth-order valence-corrected chi connectivity index (χ4v) is 2.44. The molecule has 0 aliphatic carbocycles. The molecule has 0 aliphatic heterocycles. The van der Waals surface area contributed by atoms with Gasteiger partial charge in [-0.15, -0.1) is 11.6 Å². The number of benzene rings is 1. The number of alkyl halides is 1. The Morgan fingerprint density at radius 1 is 1.43 bits per heavy atom. The summed E-state index contributed by atoms with van der Waals surface area (Å²) in [6.45, 7) is 2.12. The number of carbonyl (C=O) groups is 1. The molecule has 1 aromatic heterocycles. The molecule has 114 valence electrons. The number of amides is 1. The van der Waals surface area contributed by atoms with Crippen molar-refractivity contribution < 1.29 is 13.6 Å². The zero-order valence-electron chi connectivity index (χ0n) is 11.6. The highest BCUT2D eigenvalue weighted by molar-refractivity contribution is 6.20. The SMILES string of the molecule is CC(Cl)c1nc2ccc(F)c(F)c2n1CCCCC(N)=O. The van der Waals surface area contributed by atoms with Crippen LogP contribution in [-0.4, -0.2) is 15.5 Å². The Balaban J connectivity index is 2.36. The summed E-state index contributed by atoms with van der Waals surface area (Å²) in [7, 11) is 0. The highest BCUT2D eigenvalue weighted by Crippen LogP contribution is 2.27. The smallest absolute Gasteiger partial charge is 0.217 e. The molecule has 0 fully saturated rings. The van der Waals surface area contributed by atoms with Gasteiger partial charge in [0.15, 0.2) is 11.6 Å². The van der Waals surface area contributed by atoms with Gasteiger partial charge >= 0.3 is 0 Å². The van der Waals surface area contributed by atoms with Crippen molar-refractivity contribution in [2.24, 2.45) is 5.73 Å². The molecule has 2 N–H and O–H groups in total. The van der Waals surface area contributed by atoms with Gasteiger partial charge in [-0.2, -0.15) is 0 Å². The third-order valence-corrected chi connectivity index (χ3v) is 3.44. The Hall–Kier alpha value is -1.69. The van der Waals surface area contributed by atoms with Crippen LogP contribution < -0.4 is 5.73 Å². The lowest BCUT2D eigenvalue weighted by molar-refractivity contribution is -0.118. The van der Waals surface area contributed by atoms with E-state index >= 15 is 0 Å². The molecule has 0 saturated carbocycles. The number of nitrogens with two attached hydrogens (primary N) is 1. The van der Waals surface area contributed by atoms with Crippen molar-refractivity contribution in [3.8, 4) is 0 Å². The quantitative estimate of drug-likeness (QED) is 0.657. The van der Waals surface area contributed by atoms with Crippen molar-refractivity contribution >= 4 is 28.5 Å². The number of carbonyl (C=O) groups excluding carboxylic acids is 1. The maximum Gasteiger partial charge on any atom is 0.217 e. The summed E-state index contributed by atoms with van der Waals surface area (Å²) in [5, 5.41) is -0.434. The van der Waals surface area contributed by atoms with Crippen LogP contribution in [0.2, 0.25) is 0 Å². The number of imidazole rings is 1. The first-order valence-corrected chi connectivity index (χ1v) is 7.12. The van der Waals surface area contributed by atoms with Crippen molar-refractivity contribution in [2.75, 3.05) is 0 Å². The van der Waals surface area contributed by atoms with Crippen molar-refractivity contribution in [2.45, 2.75) is 38.1 Å². The Morgan fingerprint density at radius 3 is 2.76 bits per heavy atom. The second-order valence-electron chi connectivity index (χ2n) is 4.89. The van der Waals surface area contributed by atoms with Gasteiger partial charge in [-0.1, -0.05) is 0 Å². The number of hydrogen-bond acceptors (Lipinski definition) is 2. The van der Waals surface area contributed by atoms with Crippen LogP contribution in [0.1, 0.15) is 37.4 Å². The summed E-state index contributed by atoms with van der Waals surface area (Å²) >= 11 is 6.06. The molecule has 1 atom stereocenters. The highest BCUT2D eigenvalue weighted by atomic mass is 35.5. The third-order valence-electron chi connectivity index (χ3n) is 3.24. The fraction of sp³-hybridized carbons (Fsp3) is 0.429. The summed E-state index contributed by atoms with van der Waals surface area (Å²) in [5.41, 5.74) is 5.55. The Kier molecular flexibility index (Phi) is 4.77. The van der Waals surface area contributed by atoms with Crippen molar-refractivity contribution in [1.29, 1.82) is 0 Å². The number of aryl methyl sites for hydroxylation is 1. The predicted molar refractivity (Wildman–Crippen MR) is 77.0 cm³/mol. The number of rotatable bonds is 6. The molecular weight excluding hydrogens is 300 g/mol. The highest BCUT2D eigenvalue weighted by Gasteiger charge is 2.19. The topological polar surface area (TPSA) is 60.9 Å². The van der Waals surface area contributed by atoms with Crippen LogP contribution in [0.5, 0.6) is 0 Å². The van der Waals surface area contributed by atoms with Crippen LogP contribution in [-0.2, 0) is 11.3 Å². The molecular formula is C14H16ClF2N3O. The summed E-state index contributed by atoms with van der Waals surface area (Å²) in [6, 6.07) is 2.47. The van der Waals surface area contributed by atoms with E-state index in [1.807, 2.05) is 0 Å². The standard InChI is InChI=1S/C14H16ClF2N3O/c1-8(15)14-19-10-6-5-9(16)12(17)13(10)20(14)7-3-2-4-11(18)21/h5-6,8H,2-4,7H2,1H3,(H2,18,21). The average molecular weight is 316 g/mol. The average Bonchev–Trinajstić information content (AvgIpc) is 2.78. The van der Waals surface area contributed by atoms with Gasteiger partial charge in [0.05, 0.1) is 10.9 Å². The third kappa shape index (κ3) is 3.32. The molecule has 0 aliphatic rings. The van der Waals surface area contributed by atoms with Gasteiger partial charge in [0.25, 0.3) is 0 Å². The van der Waals surface area contributed by atoms with Crippen LogP contribution in [0, 0.1) is 11.6 Å². The minimum atomic E-state index is -0.932. The van der Waals surface area contributed by atoms with Crippen LogP contribution in [0.15, 0.2) is 12.1 Å². The van der Waals surface area contributed by atoms with Crippen LogP contribution in [0.3, 0.4) is 0 Å². The maximum absolute atomic E-state index is 14.0. The predicted octanol–water partition coefficient (Wildman–Crippen LogP) is 3.27. The molecule has 1 amide bonds. The minimum Gasteiger partial charge on any atom is -0.370 e. The Labute approximate surface area is 125 Å². The second-order valence-corrected chi connectivity index (χ2v) is 5.54. The number of nitrogens with zero attached hydrogens (tertiary/aromatic N) is 2. The Bertz CT molecular complexity index is 670. The van der Waals surface area contributed by atoms with Gasteiger partial charge < -0.3 is 10.3 Å². The first-order valence-electron chi connectivity index (χ1n) is 6.68. The molecule has 2 aromatic rings. The summed E-state index contributed by atoms with van der Waals surface area (Å²) in [4.78, 5) is 15.0. The normalized spacial score (nSPS) is 12.8. The summed E-state index contributed by atoms with van der Waals surface area (Å²) in [6.07, 6.45) is 1.43. The van der Waals surface area contributed by atoms with Crippen molar-refractivity contribution in [1.82, 2.24) is 9.55 Å². The Morgan fingerprint density at radius 2 is 2.14 bits per heavy atom. The lowest BCUT2D eigenvalue weighted by atomic mass is 10.2. The van der Waals surface area contributed by atoms with Gasteiger partial charge in [-0.05, 0) is 31.9 Å². The number of unbranched alkanes of at least 4 members (excludes halogenated alkanes) is 1. The van der Waals surface area contributed by atoms with E-state index in [-0.39, 0.29) is 17.8 Å². The van der Waals surface area contributed by atoms with Crippen molar-refractivity contribution in [3.05, 3.63) is 29.6 Å². The van der Waals surface area contributed by atoms with E-state index in [0.29, 0.717) is 30.7 Å². The van der Waals surface area contributed by atoms with Crippen molar-refractivity contribution in [3.63, 3.8) is 0 Å². The minimum absolute atomic E-state index is 0.108. The van der Waals surface area contributed by atoms with Crippen LogP contribution >= 0.6 is 11.6 Å². The lowest BCUT2D eigenvalue weighted by Gasteiger charge is -2.10. The van der Waals surface area contributed by atoms with Gasteiger partial charge in [0, 0.05) is 13.0 Å². The van der Waals surface area contributed by atoms with Gasteiger partial charge in [0.2, 0.25) is 5.91 Å². The zero-order chi connectivity index (χ0) is 15.6. The molecule has 2 rings (SSSR count). The monoisotopic (exact) mass is 315 g/mol. The molecule has 1 unspecified atom stereocenters. The van der Waals surface area contributed by atoms with Gasteiger partial charge in [-0.25, -0.2) is 13.8 Å². The molecule has 4 nitrogen and oxygen atoms in total. The van der Waals surface area contributed by atoms with E-state index in [4.69, 9.17) is 17.3 Å². The molecule has 7 heteroatoms. The van der Waals surface area contributed by atoms with Gasteiger partial charge in [0.1, 0.15) is 11.3 Å². The zero-order valence-corrected chi connectivity index (χ0v) is 12.3.